The van der Waals surface area contributed by atoms with Gasteiger partial charge in [-0.3, -0.25) is 0 Å². The Hall–Kier alpha value is -0.464. The lowest BCUT2D eigenvalue weighted by Crippen LogP contribution is -2.25. The maximum absolute atomic E-state index is 9.45. The third kappa shape index (κ3) is 31.8. The Morgan fingerprint density at radius 1 is 0.684 bits per heavy atom. The minimum Gasteiger partial charge on any atom is -0.394 e. The Balaban J connectivity index is -0.0000000865. The van der Waals surface area contributed by atoms with Gasteiger partial charge in [-0.05, 0) is 0 Å². The first-order valence-electron chi connectivity index (χ1n) is 4.88. The Labute approximate surface area is 127 Å². The normalized spacial score (nSPS) is 12.9. The molecule has 3 atom stereocenters. The van der Waals surface area contributed by atoms with E-state index >= 15 is 0 Å². The molecule has 0 spiro atoms. The number of aliphatic hydroxyl groups excluding tert-OH is 3. The summed E-state index contributed by atoms with van der Waals surface area (Å²) in [7, 11) is 0. The highest BCUT2D eigenvalue weighted by Gasteiger charge is 1.91. The molecule has 0 saturated carbocycles. The fourth-order valence-electron chi connectivity index (χ4n) is 0.129. The van der Waals surface area contributed by atoms with Gasteiger partial charge in [-0.2, -0.15) is 0 Å². The second-order valence-electron chi connectivity index (χ2n) is 2.95. The van der Waals surface area contributed by atoms with Gasteiger partial charge in [-0.15, -0.1) is 0 Å². The quantitative estimate of drug-likeness (QED) is 0.206. The van der Waals surface area contributed by atoms with Crippen LogP contribution in [0.4, 0.5) is 0 Å². The van der Waals surface area contributed by atoms with Gasteiger partial charge in [0, 0.05) is 23.1 Å². The summed E-state index contributed by atoms with van der Waals surface area (Å²) in [5.74, 6) is 0. The molecule has 0 aromatic heterocycles. The number of hydrogen-bond acceptors (Lipinski definition) is 9. The molecule has 0 aromatic rings. The first-order valence-corrected chi connectivity index (χ1v) is 4.88. The molecule has 2 radical (unpaired) electrons. The zero-order valence-electron chi connectivity index (χ0n) is 10.6. The van der Waals surface area contributed by atoms with Gasteiger partial charge in [0.25, 0.3) is 0 Å². The first kappa shape index (κ1) is 27.0. The number of aldehydes is 3. The van der Waals surface area contributed by atoms with Gasteiger partial charge in [-0.25, -0.2) is 0 Å². The van der Waals surface area contributed by atoms with E-state index < -0.39 is 18.1 Å². The molecule has 0 bridgehead atoms. The largest absolute Gasteiger partial charge is 0.394 e. The van der Waals surface area contributed by atoms with Gasteiger partial charge in [-0.1, -0.05) is 0 Å². The standard InChI is InChI=1S/3C3H7NO2.Mg/c3*4-3(1-5)2-6;/h3*1,3,6H,2,4H2;/t3*3-;/m111./s1. The van der Waals surface area contributed by atoms with Crippen LogP contribution in [0.25, 0.3) is 0 Å². The van der Waals surface area contributed by atoms with Crippen molar-refractivity contribution in [1.29, 1.82) is 0 Å². The monoisotopic (exact) mass is 291 g/mol. The van der Waals surface area contributed by atoms with Crippen LogP contribution in [-0.4, -0.2) is 95.2 Å². The zero-order valence-corrected chi connectivity index (χ0v) is 12.0. The molecule has 10 heteroatoms. The molecule has 0 aliphatic rings. The lowest BCUT2D eigenvalue weighted by atomic mass is 10.4. The van der Waals surface area contributed by atoms with Crippen LogP contribution in [0.5, 0.6) is 0 Å². The van der Waals surface area contributed by atoms with Crippen molar-refractivity contribution in [3.63, 3.8) is 0 Å². The van der Waals surface area contributed by atoms with E-state index in [1.54, 1.807) is 0 Å². The van der Waals surface area contributed by atoms with Gasteiger partial charge in [0.2, 0.25) is 0 Å². The summed E-state index contributed by atoms with van der Waals surface area (Å²) < 4.78 is 0. The predicted molar refractivity (Wildman–Crippen MR) is 69.1 cm³/mol. The highest BCUT2D eigenvalue weighted by Crippen LogP contribution is 1.61. The lowest BCUT2D eigenvalue weighted by Gasteiger charge is -1.90. The number of nitrogens with two attached hydrogens (primary N) is 3. The van der Waals surface area contributed by atoms with E-state index in [9.17, 15) is 14.4 Å². The molecule has 110 valence electrons. The molecule has 0 saturated heterocycles. The Kier molecular flexibility index (Phi) is 32.2. The molecular formula is C9H21MgN3O6. The van der Waals surface area contributed by atoms with Gasteiger partial charge in [0.05, 0.1) is 37.9 Å². The van der Waals surface area contributed by atoms with Crippen molar-refractivity contribution in [2.75, 3.05) is 19.8 Å². The summed E-state index contributed by atoms with van der Waals surface area (Å²) in [6, 6.07) is -2.07. The summed E-state index contributed by atoms with van der Waals surface area (Å²) in [5, 5.41) is 23.9. The Morgan fingerprint density at radius 3 is 0.842 bits per heavy atom. The molecule has 0 aromatic carbocycles. The number of rotatable bonds is 6. The van der Waals surface area contributed by atoms with Crippen molar-refractivity contribution in [2.24, 2.45) is 17.2 Å². The highest BCUT2D eigenvalue weighted by atomic mass is 24.3. The average molecular weight is 292 g/mol. The van der Waals surface area contributed by atoms with Gasteiger partial charge in [0.1, 0.15) is 18.9 Å². The Morgan fingerprint density at radius 2 is 0.842 bits per heavy atom. The molecule has 19 heavy (non-hydrogen) atoms. The van der Waals surface area contributed by atoms with E-state index in [1.807, 2.05) is 0 Å². The zero-order chi connectivity index (χ0) is 15.0. The number of carbonyl (C=O) groups excluding carboxylic acids is 3. The summed E-state index contributed by atoms with van der Waals surface area (Å²) in [6.45, 7) is -0.781. The summed E-state index contributed by atoms with van der Waals surface area (Å²) in [6.07, 6.45) is 1.50. The summed E-state index contributed by atoms with van der Waals surface area (Å²) in [5.41, 5.74) is 14.6. The molecule has 9 nitrogen and oxygen atoms in total. The van der Waals surface area contributed by atoms with Crippen molar-refractivity contribution >= 4 is 41.9 Å². The maximum atomic E-state index is 9.45. The number of hydrogen-bond donors (Lipinski definition) is 6. The van der Waals surface area contributed by atoms with Gasteiger partial charge < -0.3 is 46.9 Å². The van der Waals surface area contributed by atoms with Crippen molar-refractivity contribution in [3.8, 4) is 0 Å². The van der Waals surface area contributed by atoms with Crippen molar-refractivity contribution in [1.82, 2.24) is 0 Å². The molecule has 0 amide bonds. The second kappa shape index (κ2) is 22.7. The number of aliphatic hydroxyl groups is 3. The van der Waals surface area contributed by atoms with E-state index in [-0.39, 0.29) is 42.9 Å². The molecular weight excluding hydrogens is 270 g/mol. The lowest BCUT2D eigenvalue weighted by molar-refractivity contribution is -0.110. The maximum Gasteiger partial charge on any atom is 0.139 e. The molecule has 0 aliphatic carbocycles. The van der Waals surface area contributed by atoms with Crippen molar-refractivity contribution in [2.45, 2.75) is 18.1 Å². The highest BCUT2D eigenvalue weighted by molar-refractivity contribution is 5.75. The van der Waals surface area contributed by atoms with E-state index in [4.69, 9.17) is 32.5 Å². The second-order valence-corrected chi connectivity index (χ2v) is 2.95. The predicted octanol–water partition coefficient (Wildman–Crippen LogP) is -4.87. The van der Waals surface area contributed by atoms with Crippen LogP contribution in [-0.2, 0) is 14.4 Å². The topological polar surface area (TPSA) is 190 Å². The van der Waals surface area contributed by atoms with Crippen LogP contribution in [0.15, 0.2) is 0 Å². The fourth-order valence-corrected chi connectivity index (χ4v) is 0.129. The van der Waals surface area contributed by atoms with Crippen LogP contribution >= 0.6 is 0 Å². The van der Waals surface area contributed by atoms with Crippen LogP contribution in [0, 0.1) is 0 Å². The molecule has 9 N–H and O–H groups in total. The van der Waals surface area contributed by atoms with Crippen molar-refractivity contribution < 1.29 is 29.7 Å². The summed E-state index contributed by atoms with van der Waals surface area (Å²) in [4.78, 5) is 28.4. The van der Waals surface area contributed by atoms with E-state index in [1.165, 1.54) is 0 Å². The molecule has 0 unspecified atom stereocenters. The Bertz CT molecular complexity index is 177. The van der Waals surface area contributed by atoms with Gasteiger partial charge in [0.15, 0.2) is 0 Å². The molecule has 0 rings (SSSR count). The van der Waals surface area contributed by atoms with Crippen LogP contribution < -0.4 is 17.2 Å². The SMILES string of the molecule is N[C@H](C=O)CO.N[C@H](C=O)CO.N[C@H](C=O)CO.[Mg]. The van der Waals surface area contributed by atoms with Gasteiger partial charge >= 0.3 is 0 Å². The molecule has 0 fully saturated rings. The fraction of sp³-hybridized carbons (Fsp3) is 0.667. The number of carbonyl (C=O) groups is 3. The molecule has 0 aliphatic heterocycles. The van der Waals surface area contributed by atoms with E-state index in [0.717, 1.165) is 0 Å². The molecule has 0 heterocycles. The minimum absolute atomic E-state index is 0. The summed E-state index contributed by atoms with van der Waals surface area (Å²) >= 11 is 0. The van der Waals surface area contributed by atoms with Crippen LogP contribution in [0.2, 0.25) is 0 Å². The van der Waals surface area contributed by atoms with Crippen molar-refractivity contribution in [3.05, 3.63) is 0 Å². The smallest absolute Gasteiger partial charge is 0.139 e. The minimum atomic E-state index is -0.690. The van der Waals surface area contributed by atoms with Crippen LogP contribution in [0.3, 0.4) is 0 Å². The average Bonchev–Trinajstić information content (AvgIpc) is 2.45. The third-order valence-electron chi connectivity index (χ3n) is 1.16. The third-order valence-corrected chi connectivity index (χ3v) is 1.16. The van der Waals surface area contributed by atoms with E-state index in [2.05, 4.69) is 0 Å². The van der Waals surface area contributed by atoms with E-state index in [0.29, 0.717) is 18.9 Å². The van der Waals surface area contributed by atoms with Crippen LogP contribution in [0.1, 0.15) is 0 Å². The first-order chi connectivity index (χ1) is 8.42.